The third-order valence-electron chi connectivity index (χ3n) is 3.91. The first-order valence-electron chi connectivity index (χ1n) is 7.71. The summed E-state index contributed by atoms with van der Waals surface area (Å²) in [5, 5.41) is 9.95. The minimum Gasteiger partial charge on any atom is -0.478 e. The van der Waals surface area contributed by atoms with Gasteiger partial charge in [0.1, 0.15) is 5.58 Å². The van der Waals surface area contributed by atoms with Crippen molar-refractivity contribution in [2.75, 3.05) is 6.26 Å². The summed E-state index contributed by atoms with van der Waals surface area (Å²) in [6.07, 6.45) is 2.82. The molecule has 0 spiro atoms. The average molecular weight is 342 g/mol. The van der Waals surface area contributed by atoms with E-state index in [9.17, 15) is 9.59 Å². The largest absolute Gasteiger partial charge is 0.478 e. The van der Waals surface area contributed by atoms with E-state index < -0.39 is 5.97 Å². The molecule has 0 atom stereocenters. The fourth-order valence-corrected chi connectivity index (χ4v) is 3.46. The summed E-state index contributed by atoms with van der Waals surface area (Å²) >= 11 is 1.54. The Morgan fingerprint density at radius 1 is 1.21 bits per heavy atom. The lowest BCUT2D eigenvalue weighted by Gasteiger charge is -2.10. The lowest BCUT2D eigenvalue weighted by molar-refractivity contribution is 0.0697. The second kappa shape index (κ2) is 6.32. The maximum Gasteiger partial charge on any atom is 0.335 e. The van der Waals surface area contributed by atoms with E-state index in [0.29, 0.717) is 27.9 Å². The number of hydrogen-bond donors (Lipinski definition) is 1. The minimum absolute atomic E-state index is 0.0811. The van der Waals surface area contributed by atoms with Gasteiger partial charge >= 0.3 is 5.97 Å². The van der Waals surface area contributed by atoms with Crippen LogP contribution in [-0.4, -0.2) is 17.3 Å². The Balaban J connectivity index is 2.37. The molecule has 5 heteroatoms. The molecular formula is C19H18O4S. The van der Waals surface area contributed by atoms with E-state index >= 15 is 0 Å². The molecule has 24 heavy (non-hydrogen) atoms. The zero-order valence-electron chi connectivity index (χ0n) is 13.8. The second-order valence-electron chi connectivity index (χ2n) is 6.22. The molecule has 1 heterocycles. The quantitative estimate of drug-likeness (QED) is 0.556. The Kier molecular flexibility index (Phi) is 4.37. The molecule has 0 amide bonds. The lowest BCUT2D eigenvalue weighted by Crippen LogP contribution is -2.06. The van der Waals surface area contributed by atoms with Gasteiger partial charge in [0.15, 0.2) is 5.58 Å². The molecule has 0 unspecified atom stereocenters. The normalized spacial score (nSPS) is 11.5. The number of benzene rings is 2. The predicted molar refractivity (Wildman–Crippen MR) is 97.3 cm³/mol. The van der Waals surface area contributed by atoms with Crippen molar-refractivity contribution in [3.8, 4) is 0 Å². The number of hydrogen-bond acceptors (Lipinski definition) is 4. The van der Waals surface area contributed by atoms with Crippen LogP contribution in [-0.2, 0) is 6.42 Å². The van der Waals surface area contributed by atoms with Gasteiger partial charge in [-0.15, -0.1) is 11.8 Å². The molecule has 0 aliphatic heterocycles. The summed E-state index contributed by atoms with van der Waals surface area (Å²) in [5.74, 6) is -0.585. The van der Waals surface area contributed by atoms with Gasteiger partial charge in [0, 0.05) is 0 Å². The van der Waals surface area contributed by atoms with Crippen LogP contribution in [0.1, 0.15) is 29.8 Å². The first-order chi connectivity index (χ1) is 11.4. The van der Waals surface area contributed by atoms with Crippen LogP contribution in [0, 0.1) is 5.92 Å². The average Bonchev–Trinajstić information content (AvgIpc) is 2.54. The summed E-state index contributed by atoms with van der Waals surface area (Å²) in [6.45, 7) is 4.26. The van der Waals surface area contributed by atoms with E-state index in [0.717, 1.165) is 16.9 Å². The minimum atomic E-state index is -1.06. The van der Waals surface area contributed by atoms with E-state index in [4.69, 9.17) is 9.52 Å². The Morgan fingerprint density at radius 3 is 2.58 bits per heavy atom. The molecule has 124 valence electrons. The molecule has 0 saturated carbocycles. The van der Waals surface area contributed by atoms with Crippen LogP contribution < -0.4 is 5.43 Å². The summed E-state index contributed by atoms with van der Waals surface area (Å²) in [6, 6.07) is 8.31. The van der Waals surface area contributed by atoms with Crippen molar-refractivity contribution in [1.82, 2.24) is 0 Å². The van der Waals surface area contributed by atoms with E-state index in [1.807, 2.05) is 12.3 Å². The van der Waals surface area contributed by atoms with Crippen molar-refractivity contribution in [1.29, 1.82) is 0 Å². The van der Waals surface area contributed by atoms with Crippen LogP contribution in [0.15, 0.2) is 44.4 Å². The fourth-order valence-electron chi connectivity index (χ4n) is 2.86. The topological polar surface area (TPSA) is 67.5 Å². The Labute approximate surface area is 143 Å². The highest BCUT2D eigenvalue weighted by atomic mass is 32.2. The fraction of sp³-hybridized carbons (Fsp3) is 0.263. The van der Waals surface area contributed by atoms with Gasteiger partial charge < -0.3 is 9.52 Å². The van der Waals surface area contributed by atoms with Gasteiger partial charge in [-0.25, -0.2) is 4.79 Å². The smallest absolute Gasteiger partial charge is 0.335 e. The maximum absolute atomic E-state index is 12.9. The first-order valence-corrected chi connectivity index (χ1v) is 8.94. The molecule has 0 saturated heterocycles. The molecule has 3 aromatic rings. The van der Waals surface area contributed by atoms with Gasteiger partial charge in [0.2, 0.25) is 5.43 Å². The van der Waals surface area contributed by atoms with Crippen molar-refractivity contribution in [3.05, 3.63) is 51.7 Å². The van der Waals surface area contributed by atoms with Gasteiger partial charge in [-0.1, -0.05) is 13.8 Å². The van der Waals surface area contributed by atoms with E-state index in [1.165, 1.54) is 23.9 Å². The number of carbonyl (C=O) groups is 1. The van der Waals surface area contributed by atoms with Crippen molar-refractivity contribution >= 4 is 39.7 Å². The number of fused-ring (bicyclic) bond motifs is 2. The number of aromatic carboxylic acids is 1. The molecule has 1 N–H and O–H groups in total. The van der Waals surface area contributed by atoms with Crippen molar-refractivity contribution in [2.24, 2.45) is 5.92 Å². The van der Waals surface area contributed by atoms with Crippen molar-refractivity contribution in [2.45, 2.75) is 25.2 Å². The maximum atomic E-state index is 12.9. The zero-order valence-corrected chi connectivity index (χ0v) is 14.6. The van der Waals surface area contributed by atoms with Gasteiger partial charge in [0.05, 0.1) is 21.2 Å². The monoisotopic (exact) mass is 342 g/mol. The third-order valence-corrected chi connectivity index (χ3v) is 4.65. The van der Waals surface area contributed by atoms with Crippen LogP contribution in [0.3, 0.4) is 0 Å². The summed E-state index contributed by atoms with van der Waals surface area (Å²) in [5.41, 5.74) is 1.95. The van der Waals surface area contributed by atoms with Gasteiger partial charge in [-0.05, 0) is 54.5 Å². The van der Waals surface area contributed by atoms with Gasteiger partial charge in [-0.3, -0.25) is 4.79 Å². The summed E-state index contributed by atoms with van der Waals surface area (Å²) < 4.78 is 5.93. The molecule has 0 bridgehead atoms. The highest BCUT2D eigenvalue weighted by Crippen LogP contribution is 2.30. The van der Waals surface area contributed by atoms with Crippen LogP contribution >= 0.6 is 11.8 Å². The standard InChI is InChI=1S/C19H18O4S/c1-10(2)6-11-7-14-17(20)13-9-12(19(21)22)4-5-15(13)23-18(14)16(8-11)24-3/h4-5,7-10H,6H2,1-3H3,(H,21,22). The molecule has 0 aliphatic carbocycles. The van der Waals surface area contributed by atoms with Crippen molar-refractivity contribution in [3.63, 3.8) is 0 Å². The Morgan fingerprint density at radius 2 is 1.96 bits per heavy atom. The van der Waals surface area contributed by atoms with E-state index in [-0.39, 0.29) is 11.0 Å². The molecule has 0 radical (unpaired) electrons. The Hall–Kier alpha value is -2.27. The van der Waals surface area contributed by atoms with Crippen LogP contribution in [0.25, 0.3) is 21.9 Å². The summed E-state index contributed by atoms with van der Waals surface area (Å²) in [4.78, 5) is 25.0. The van der Waals surface area contributed by atoms with Crippen LogP contribution in [0.5, 0.6) is 0 Å². The molecule has 4 nitrogen and oxygen atoms in total. The van der Waals surface area contributed by atoms with Crippen LogP contribution in [0.2, 0.25) is 0 Å². The number of carboxylic acids is 1. The van der Waals surface area contributed by atoms with E-state index in [2.05, 4.69) is 19.9 Å². The molecule has 0 aliphatic rings. The van der Waals surface area contributed by atoms with Gasteiger partial charge in [-0.2, -0.15) is 0 Å². The highest BCUT2D eigenvalue weighted by Gasteiger charge is 2.15. The van der Waals surface area contributed by atoms with Crippen molar-refractivity contribution < 1.29 is 14.3 Å². The molecule has 3 rings (SSSR count). The first kappa shape index (κ1) is 16.6. The number of carboxylic acid groups (broad SMARTS) is 1. The molecule has 2 aromatic carbocycles. The molecule has 1 aromatic heterocycles. The Bertz CT molecular complexity index is 1000. The third kappa shape index (κ3) is 2.91. The molecular weight excluding hydrogens is 324 g/mol. The van der Waals surface area contributed by atoms with Crippen LogP contribution in [0.4, 0.5) is 0 Å². The number of thioether (sulfide) groups is 1. The van der Waals surface area contributed by atoms with Gasteiger partial charge in [0.25, 0.3) is 0 Å². The molecule has 0 fully saturated rings. The lowest BCUT2D eigenvalue weighted by atomic mass is 10.0. The zero-order chi connectivity index (χ0) is 17.4. The predicted octanol–water partition coefficient (Wildman–Crippen LogP) is 4.56. The highest BCUT2D eigenvalue weighted by molar-refractivity contribution is 7.98. The SMILES string of the molecule is CSc1cc(CC(C)C)cc2c(=O)c3cc(C(=O)O)ccc3oc12. The second-order valence-corrected chi connectivity index (χ2v) is 7.07. The summed E-state index contributed by atoms with van der Waals surface area (Å²) in [7, 11) is 0. The number of rotatable bonds is 4. The van der Waals surface area contributed by atoms with E-state index in [1.54, 1.807) is 6.07 Å².